The SMILES string of the molecule is CN(c1cccc(Cl)c1)S(=O)(=O)c1cccc(C(=O)Nc2ccccc2)c1. The van der Waals surface area contributed by atoms with E-state index in [9.17, 15) is 13.2 Å². The summed E-state index contributed by atoms with van der Waals surface area (Å²) < 4.78 is 27.0. The van der Waals surface area contributed by atoms with Gasteiger partial charge >= 0.3 is 0 Å². The Labute approximate surface area is 163 Å². The average molecular weight is 401 g/mol. The number of carbonyl (C=O) groups is 1. The molecule has 27 heavy (non-hydrogen) atoms. The van der Waals surface area contributed by atoms with Gasteiger partial charge in [0, 0.05) is 23.3 Å². The van der Waals surface area contributed by atoms with Crippen molar-refractivity contribution in [3.63, 3.8) is 0 Å². The smallest absolute Gasteiger partial charge is 0.264 e. The Hall–Kier alpha value is -2.83. The van der Waals surface area contributed by atoms with E-state index in [-0.39, 0.29) is 16.4 Å². The van der Waals surface area contributed by atoms with E-state index in [0.717, 1.165) is 4.31 Å². The van der Waals surface area contributed by atoms with Crippen LogP contribution in [0.2, 0.25) is 5.02 Å². The molecule has 1 amide bonds. The molecule has 0 spiro atoms. The van der Waals surface area contributed by atoms with Crippen LogP contribution in [-0.4, -0.2) is 21.4 Å². The van der Waals surface area contributed by atoms with Gasteiger partial charge in [0.1, 0.15) is 0 Å². The van der Waals surface area contributed by atoms with E-state index in [1.165, 1.54) is 19.2 Å². The number of nitrogens with one attached hydrogen (secondary N) is 1. The fourth-order valence-corrected chi connectivity index (χ4v) is 3.91. The molecule has 0 radical (unpaired) electrons. The van der Waals surface area contributed by atoms with Crippen molar-refractivity contribution in [2.75, 3.05) is 16.7 Å². The van der Waals surface area contributed by atoms with Crippen molar-refractivity contribution in [1.82, 2.24) is 0 Å². The van der Waals surface area contributed by atoms with Gasteiger partial charge in [-0.2, -0.15) is 0 Å². The highest BCUT2D eigenvalue weighted by Gasteiger charge is 2.22. The quantitative estimate of drug-likeness (QED) is 0.689. The van der Waals surface area contributed by atoms with Gasteiger partial charge in [-0.05, 0) is 48.5 Å². The van der Waals surface area contributed by atoms with Crippen molar-refractivity contribution in [3.8, 4) is 0 Å². The van der Waals surface area contributed by atoms with Crippen molar-refractivity contribution in [1.29, 1.82) is 0 Å². The lowest BCUT2D eigenvalue weighted by Gasteiger charge is -2.20. The van der Waals surface area contributed by atoms with Crippen LogP contribution in [0.15, 0.2) is 83.8 Å². The van der Waals surface area contributed by atoms with Crippen molar-refractivity contribution < 1.29 is 13.2 Å². The third-order valence-corrected chi connectivity index (χ3v) is 5.97. The number of sulfonamides is 1. The summed E-state index contributed by atoms with van der Waals surface area (Å²) in [4.78, 5) is 12.5. The molecule has 0 aliphatic carbocycles. The van der Waals surface area contributed by atoms with Gasteiger partial charge in [-0.1, -0.05) is 41.9 Å². The van der Waals surface area contributed by atoms with Crippen LogP contribution in [0.4, 0.5) is 11.4 Å². The van der Waals surface area contributed by atoms with Crippen LogP contribution in [0.25, 0.3) is 0 Å². The number of nitrogens with zero attached hydrogens (tertiary/aromatic N) is 1. The van der Waals surface area contributed by atoms with Crippen LogP contribution in [0.5, 0.6) is 0 Å². The summed E-state index contributed by atoms with van der Waals surface area (Å²) in [5, 5.41) is 3.18. The number of hydrogen-bond donors (Lipinski definition) is 1. The van der Waals surface area contributed by atoms with Gasteiger partial charge < -0.3 is 5.32 Å². The molecule has 0 aromatic heterocycles. The molecule has 138 valence electrons. The van der Waals surface area contributed by atoms with Crippen LogP contribution in [0, 0.1) is 0 Å². The second kappa shape index (κ2) is 7.82. The first kappa shape index (κ1) is 18.9. The summed E-state index contributed by atoms with van der Waals surface area (Å²) in [5.41, 5.74) is 1.31. The molecule has 7 heteroatoms. The molecule has 0 aliphatic rings. The second-order valence-corrected chi connectivity index (χ2v) is 8.21. The number of amides is 1. The molecule has 0 atom stereocenters. The number of carbonyl (C=O) groups excluding carboxylic acids is 1. The number of benzene rings is 3. The summed E-state index contributed by atoms with van der Waals surface area (Å²) in [7, 11) is -2.40. The van der Waals surface area contributed by atoms with E-state index >= 15 is 0 Å². The lowest BCUT2D eigenvalue weighted by molar-refractivity contribution is 0.102. The zero-order valence-electron chi connectivity index (χ0n) is 14.5. The number of anilines is 2. The maximum absolute atomic E-state index is 12.9. The number of halogens is 1. The maximum atomic E-state index is 12.9. The molecule has 0 bridgehead atoms. The summed E-state index contributed by atoms with van der Waals surface area (Å²) in [5.74, 6) is -0.386. The molecule has 0 unspecified atom stereocenters. The minimum atomic E-state index is -3.84. The molecule has 0 fully saturated rings. The standard InChI is InChI=1S/C20H17ClN2O3S/c1-23(18-11-6-8-16(21)14-18)27(25,26)19-12-5-7-15(13-19)20(24)22-17-9-3-2-4-10-17/h2-14H,1H3,(H,22,24). The minimum Gasteiger partial charge on any atom is -0.322 e. The van der Waals surface area contributed by atoms with E-state index in [2.05, 4.69) is 5.32 Å². The van der Waals surface area contributed by atoms with Crippen LogP contribution in [0.3, 0.4) is 0 Å². The summed E-state index contributed by atoms with van der Waals surface area (Å²) >= 11 is 5.95. The first-order chi connectivity index (χ1) is 12.9. The Bertz CT molecular complexity index is 1070. The zero-order valence-corrected chi connectivity index (χ0v) is 16.0. The van der Waals surface area contributed by atoms with Gasteiger partial charge in [-0.25, -0.2) is 8.42 Å². The van der Waals surface area contributed by atoms with Gasteiger partial charge in [0.05, 0.1) is 10.6 Å². The number of rotatable bonds is 5. The first-order valence-electron chi connectivity index (χ1n) is 8.09. The van der Waals surface area contributed by atoms with Crippen molar-refractivity contribution >= 4 is 38.9 Å². The highest BCUT2D eigenvalue weighted by molar-refractivity contribution is 7.92. The summed E-state index contributed by atoms with van der Waals surface area (Å²) in [6.45, 7) is 0. The molecule has 0 aliphatic heterocycles. The molecule has 0 heterocycles. The fraction of sp³-hybridized carbons (Fsp3) is 0.0500. The van der Waals surface area contributed by atoms with Gasteiger partial charge in [0.15, 0.2) is 0 Å². The lowest BCUT2D eigenvalue weighted by atomic mass is 10.2. The second-order valence-electron chi connectivity index (χ2n) is 5.80. The van der Waals surface area contributed by atoms with Crippen molar-refractivity contribution in [2.45, 2.75) is 4.90 Å². The van der Waals surface area contributed by atoms with E-state index < -0.39 is 10.0 Å². The Balaban J connectivity index is 1.88. The molecule has 1 N–H and O–H groups in total. The molecule has 3 aromatic rings. The number of hydrogen-bond acceptors (Lipinski definition) is 3. The number of para-hydroxylation sites is 1. The van der Waals surface area contributed by atoms with Crippen LogP contribution < -0.4 is 9.62 Å². The first-order valence-corrected chi connectivity index (χ1v) is 9.91. The van der Waals surface area contributed by atoms with E-state index in [4.69, 9.17) is 11.6 Å². The predicted octanol–water partition coefficient (Wildman–Crippen LogP) is 4.42. The normalized spacial score (nSPS) is 11.0. The monoisotopic (exact) mass is 400 g/mol. The highest BCUT2D eigenvalue weighted by atomic mass is 35.5. The molecule has 3 aromatic carbocycles. The Morgan fingerprint density at radius 1 is 0.926 bits per heavy atom. The summed E-state index contributed by atoms with van der Waals surface area (Å²) in [6, 6.07) is 21.4. The fourth-order valence-electron chi connectivity index (χ4n) is 2.49. The van der Waals surface area contributed by atoms with E-state index in [1.807, 2.05) is 6.07 Å². The molecule has 0 saturated carbocycles. The topological polar surface area (TPSA) is 66.5 Å². The molecular formula is C20H17ClN2O3S. The Morgan fingerprint density at radius 3 is 2.33 bits per heavy atom. The third-order valence-electron chi connectivity index (χ3n) is 3.96. The maximum Gasteiger partial charge on any atom is 0.264 e. The minimum absolute atomic E-state index is 0.0192. The van der Waals surface area contributed by atoms with E-state index in [0.29, 0.717) is 16.4 Å². The lowest BCUT2D eigenvalue weighted by Crippen LogP contribution is -2.26. The van der Waals surface area contributed by atoms with Gasteiger partial charge in [-0.15, -0.1) is 0 Å². The third kappa shape index (κ3) is 4.30. The Kier molecular flexibility index (Phi) is 5.48. The van der Waals surface area contributed by atoms with Crippen molar-refractivity contribution in [3.05, 3.63) is 89.4 Å². The van der Waals surface area contributed by atoms with Gasteiger partial charge in [0.2, 0.25) is 0 Å². The predicted molar refractivity (Wildman–Crippen MR) is 108 cm³/mol. The summed E-state index contributed by atoms with van der Waals surface area (Å²) in [6.07, 6.45) is 0. The molecular weight excluding hydrogens is 384 g/mol. The van der Waals surface area contributed by atoms with Gasteiger partial charge in [0.25, 0.3) is 15.9 Å². The van der Waals surface area contributed by atoms with Gasteiger partial charge in [-0.3, -0.25) is 9.10 Å². The molecule has 3 rings (SSSR count). The van der Waals surface area contributed by atoms with Crippen molar-refractivity contribution in [2.24, 2.45) is 0 Å². The largest absolute Gasteiger partial charge is 0.322 e. The van der Waals surface area contributed by atoms with Crippen LogP contribution >= 0.6 is 11.6 Å². The van der Waals surface area contributed by atoms with Crippen LogP contribution in [0.1, 0.15) is 10.4 Å². The average Bonchev–Trinajstić information content (AvgIpc) is 2.68. The highest BCUT2D eigenvalue weighted by Crippen LogP contribution is 2.25. The Morgan fingerprint density at radius 2 is 1.63 bits per heavy atom. The zero-order chi connectivity index (χ0) is 19.4. The van der Waals surface area contributed by atoms with E-state index in [1.54, 1.807) is 60.7 Å². The van der Waals surface area contributed by atoms with Crippen LogP contribution in [-0.2, 0) is 10.0 Å². The molecule has 0 saturated heterocycles. The molecule has 5 nitrogen and oxygen atoms in total.